The molecule has 0 spiro atoms. The van der Waals surface area contributed by atoms with Gasteiger partial charge in [-0.25, -0.2) is 4.39 Å². The first-order chi connectivity index (χ1) is 8.06. The fourth-order valence-corrected chi connectivity index (χ4v) is 1.36. The first-order valence-electron chi connectivity index (χ1n) is 4.76. The fraction of sp³-hybridized carbons (Fsp3) is 0.100. The van der Waals surface area contributed by atoms with Gasteiger partial charge in [0.1, 0.15) is 0 Å². The smallest absolute Gasteiger partial charge is 0.272 e. The average molecular weight is 236 g/mol. The van der Waals surface area contributed by atoms with Crippen LogP contribution in [-0.4, -0.2) is 14.7 Å². The molecule has 88 valence electrons. The van der Waals surface area contributed by atoms with Gasteiger partial charge in [-0.3, -0.25) is 14.8 Å². The Bertz CT molecular complexity index is 567. The summed E-state index contributed by atoms with van der Waals surface area (Å²) < 4.78 is 15.1. The normalized spacial score (nSPS) is 10.2. The molecule has 7 heteroatoms. The van der Waals surface area contributed by atoms with E-state index in [9.17, 15) is 14.5 Å². The van der Waals surface area contributed by atoms with Crippen molar-refractivity contribution in [3.63, 3.8) is 0 Å². The number of benzene rings is 1. The Morgan fingerprint density at radius 3 is 2.82 bits per heavy atom. The monoisotopic (exact) mass is 236 g/mol. The van der Waals surface area contributed by atoms with E-state index in [-0.39, 0.29) is 11.4 Å². The van der Waals surface area contributed by atoms with Gasteiger partial charge in [-0.05, 0) is 6.07 Å². The molecule has 0 radical (unpaired) electrons. The van der Waals surface area contributed by atoms with E-state index in [1.54, 1.807) is 17.9 Å². The molecule has 0 amide bonds. The van der Waals surface area contributed by atoms with Crippen LogP contribution in [0.3, 0.4) is 0 Å². The summed E-state index contributed by atoms with van der Waals surface area (Å²) in [5, 5.41) is 17.1. The molecule has 1 heterocycles. The van der Waals surface area contributed by atoms with Crippen LogP contribution in [0.25, 0.3) is 0 Å². The van der Waals surface area contributed by atoms with Crippen LogP contribution >= 0.6 is 0 Å². The van der Waals surface area contributed by atoms with Crippen molar-refractivity contribution in [2.45, 2.75) is 0 Å². The molecule has 1 aromatic heterocycles. The maximum absolute atomic E-state index is 13.5. The topological polar surface area (TPSA) is 73.0 Å². The van der Waals surface area contributed by atoms with Crippen molar-refractivity contribution in [1.29, 1.82) is 0 Å². The number of anilines is 2. The third kappa shape index (κ3) is 2.39. The molecular formula is C10H9FN4O2. The van der Waals surface area contributed by atoms with Gasteiger partial charge in [0.2, 0.25) is 0 Å². The number of aryl methyl sites for hydroxylation is 1. The Labute approximate surface area is 95.8 Å². The predicted octanol–water partition coefficient (Wildman–Crippen LogP) is 2.21. The highest BCUT2D eigenvalue weighted by atomic mass is 19.1. The zero-order valence-electron chi connectivity index (χ0n) is 8.92. The molecule has 17 heavy (non-hydrogen) atoms. The first kappa shape index (κ1) is 11.1. The summed E-state index contributed by atoms with van der Waals surface area (Å²) in [7, 11) is 1.73. The molecule has 6 nitrogen and oxygen atoms in total. The number of halogens is 1. The summed E-state index contributed by atoms with van der Waals surface area (Å²) in [4.78, 5) is 9.79. The number of aromatic nitrogens is 2. The van der Waals surface area contributed by atoms with Crippen molar-refractivity contribution >= 4 is 17.1 Å². The van der Waals surface area contributed by atoms with Crippen molar-refractivity contribution in [2.24, 2.45) is 7.05 Å². The van der Waals surface area contributed by atoms with Gasteiger partial charge in [0, 0.05) is 19.3 Å². The highest BCUT2D eigenvalue weighted by Gasteiger charge is 2.10. The predicted molar refractivity (Wildman–Crippen MR) is 59.5 cm³/mol. The molecular weight excluding hydrogens is 227 g/mol. The lowest BCUT2D eigenvalue weighted by Crippen LogP contribution is -1.95. The number of nitro groups is 1. The van der Waals surface area contributed by atoms with E-state index in [1.807, 2.05) is 0 Å². The molecule has 1 N–H and O–H groups in total. The van der Waals surface area contributed by atoms with Crippen LogP contribution in [0.1, 0.15) is 0 Å². The van der Waals surface area contributed by atoms with E-state index in [2.05, 4.69) is 10.4 Å². The van der Waals surface area contributed by atoms with E-state index in [1.165, 1.54) is 18.3 Å². The maximum Gasteiger partial charge on any atom is 0.272 e. The molecule has 1 aromatic carbocycles. The first-order valence-corrected chi connectivity index (χ1v) is 4.76. The molecule has 0 saturated carbocycles. The van der Waals surface area contributed by atoms with Gasteiger partial charge >= 0.3 is 0 Å². The van der Waals surface area contributed by atoms with Crippen LogP contribution < -0.4 is 5.32 Å². The lowest BCUT2D eigenvalue weighted by molar-refractivity contribution is -0.385. The minimum absolute atomic E-state index is 0.170. The Balaban J connectivity index is 2.25. The Morgan fingerprint density at radius 2 is 2.29 bits per heavy atom. The molecule has 0 aliphatic heterocycles. The highest BCUT2D eigenvalue weighted by Crippen LogP contribution is 2.23. The summed E-state index contributed by atoms with van der Waals surface area (Å²) >= 11 is 0. The van der Waals surface area contributed by atoms with Crippen LogP contribution in [0.5, 0.6) is 0 Å². The Morgan fingerprint density at radius 1 is 1.53 bits per heavy atom. The molecule has 0 fully saturated rings. The second-order valence-corrected chi connectivity index (χ2v) is 3.45. The third-order valence-corrected chi connectivity index (χ3v) is 2.15. The summed E-state index contributed by atoms with van der Waals surface area (Å²) in [5.74, 6) is -0.678. The third-order valence-electron chi connectivity index (χ3n) is 2.15. The van der Waals surface area contributed by atoms with E-state index < -0.39 is 10.7 Å². The van der Waals surface area contributed by atoms with Gasteiger partial charge in [0.15, 0.2) is 5.82 Å². The molecule has 2 rings (SSSR count). The summed E-state index contributed by atoms with van der Waals surface area (Å²) in [6.07, 6.45) is 3.20. The molecule has 0 atom stereocenters. The quantitative estimate of drug-likeness (QED) is 0.655. The standard InChI is InChI=1S/C10H9FN4O2/c1-14-6-7(5-12-14)13-10-3-2-8(15(16)17)4-9(10)11/h2-6,13H,1H3. The number of hydrogen-bond donors (Lipinski definition) is 1. The molecule has 0 saturated heterocycles. The molecule has 2 aromatic rings. The maximum atomic E-state index is 13.5. The summed E-state index contributed by atoms with van der Waals surface area (Å²) in [5.41, 5.74) is 0.503. The number of nitrogens with one attached hydrogen (secondary N) is 1. The van der Waals surface area contributed by atoms with Gasteiger partial charge in [-0.15, -0.1) is 0 Å². The Hall–Kier alpha value is -2.44. The minimum atomic E-state index is -0.678. The second-order valence-electron chi connectivity index (χ2n) is 3.45. The number of hydrogen-bond acceptors (Lipinski definition) is 4. The van der Waals surface area contributed by atoms with Crippen molar-refractivity contribution in [3.8, 4) is 0 Å². The average Bonchev–Trinajstić information content (AvgIpc) is 2.67. The molecule has 0 bridgehead atoms. The van der Waals surface area contributed by atoms with Crippen LogP contribution in [0, 0.1) is 15.9 Å². The second kappa shape index (κ2) is 4.20. The van der Waals surface area contributed by atoms with E-state index in [0.717, 1.165) is 6.07 Å². The molecule has 0 aliphatic carbocycles. The van der Waals surface area contributed by atoms with Gasteiger partial charge < -0.3 is 5.32 Å². The molecule has 0 unspecified atom stereocenters. The zero-order valence-corrected chi connectivity index (χ0v) is 8.92. The SMILES string of the molecule is Cn1cc(Nc2ccc([N+](=O)[O-])cc2F)cn1. The summed E-state index contributed by atoms with van der Waals surface area (Å²) in [6.45, 7) is 0. The van der Waals surface area contributed by atoms with Crippen molar-refractivity contribution in [2.75, 3.05) is 5.32 Å². The van der Waals surface area contributed by atoms with Crippen molar-refractivity contribution < 1.29 is 9.31 Å². The van der Waals surface area contributed by atoms with Gasteiger partial charge in [0.25, 0.3) is 5.69 Å². The van der Waals surface area contributed by atoms with E-state index in [0.29, 0.717) is 5.69 Å². The number of nitrogens with zero attached hydrogens (tertiary/aromatic N) is 3. The lowest BCUT2D eigenvalue weighted by atomic mass is 10.2. The van der Waals surface area contributed by atoms with E-state index in [4.69, 9.17) is 0 Å². The van der Waals surface area contributed by atoms with Crippen LogP contribution in [-0.2, 0) is 7.05 Å². The fourth-order valence-electron chi connectivity index (χ4n) is 1.36. The number of non-ortho nitro benzene ring substituents is 1. The highest BCUT2D eigenvalue weighted by molar-refractivity contribution is 5.60. The summed E-state index contributed by atoms with van der Waals surface area (Å²) in [6, 6.07) is 3.43. The van der Waals surface area contributed by atoms with Crippen molar-refractivity contribution in [3.05, 3.63) is 46.5 Å². The van der Waals surface area contributed by atoms with Gasteiger partial charge in [0.05, 0.1) is 28.6 Å². The van der Waals surface area contributed by atoms with Crippen LogP contribution in [0.4, 0.5) is 21.5 Å². The number of nitro benzene ring substituents is 1. The zero-order chi connectivity index (χ0) is 12.4. The largest absolute Gasteiger partial charge is 0.351 e. The van der Waals surface area contributed by atoms with Gasteiger partial charge in [-0.2, -0.15) is 5.10 Å². The molecule has 0 aliphatic rings. The van der Waals surface area contributed by atoms with Crippen LogP contribution in [0.15, 0.2) is 30.6 Å². The minimum Gasteiger partial charge on any atom is -0.351 e. The van der Waals surface area contributed by atoms with Crippen molar-refractivity contribution in [1.82, 2.24) is 9.78 Å². The Kier molecular flexibility index (Phi) is 2.73. The lowest BCUT2D eigenvalue weighted by Gasteiger charge is -2.04. The van der Waals surface area contributed by atoms with Gasteiger partial charge in [-0.1, -0.05) is 0 Å². The van der Waals surface area contributed by atoms with E-state index >= 15 is 0 Å². The van der Waals surface area contributed by atoms with Crippen LogP contribution in [0.2, 0.25) is 0 Å². The number of rotatable bonds is 3.